The summed E-state index contributed by atoms with van der Waals surface area (Å²) in [7, 11) is 0. The van der Waals surface area contributed by atoms with Gasteiger partial charge in [-0.3, -0.25) is 14.1 Å². The minimum absolute atomic E-state index is 0.112. The van der Waals surface area contributed by atoms with E-state index in [-0.39, 0.29) is 11.7 Å². The van der Waals surface area contributed by atoms with Crippen LogP contribution in [-0.2, 0) is 13.0 Å². The van der Waals surface area contributed by atoms with E-state index in [1.807, 2.05) is 29.0 Å². The maximum absolute atomic E-state index is 14.2. The molecule has 3 aromatic heterocycles. The van der Waals surface area contributed by atoms with Crippen molar-refractivity contribution in [2.45, 2.75) is 85.7 Å². The summed E-state index contributed by atoms with van der Waals surface area (Å²) in [6.45, 7) is 12.0. The molecule has 2 atom stereocenters. The Balaban J connectivity index is 1.51. The average Bonchev–Trinajstić information content (AvgIpc) is 3.61. The molecule has 40 heavy (non-hydrogen) atoms. The number of aryl methyl sites for hydroxylation is 1. The molecule has 0 amide bonds. The van der Waals surface area contributed by atoms with Gasteiger partial charge in [0, 0.05) is 29.7 Å². The number of tetrazole rings is 1. The van der Waals surface area contributed by atoms with Gasteiger partial charge in [-0.05, 0) is 83.9 Å². The maximum atomic E-state index is 14.2. The van der Waals surface area contributed by atoms with E-state index in [2.05, 4.69) is 84.2 Å². The number of rotatable bonds is 10. The number of benzene rings is 1. The van der Waals surface area contributed by atoms with Crippen LogP contribution in [0.25, 0.3) is 22.5 Å². The summed E-state index contributed by atoms with van der Waals surface area (Å²) in [6.07, 6.45) is 10.7. The Bertz CT molecular complexity index is 1430. The molecule has 0 saturated heterocycles. The van der Waals surface area contributed by atoms with Gasteiger partial charge in [0.05, 0.1) is 12.2 Å². The molecular formula is C32H43N7O. The lowest BCUT2D eigenvalue weighted by Crippen LogP contribution is -2.41. The smallest absolute Gasteiger partial charge is 0.295 e. The lowest BCUT2D eigenvalue weighted by Gasteiger charge is -2.42. The van der Waals surface area contributed by atoms with Crippen LogP contribution < -0.4 is 5.69 Å². The fraction of sp³-hybridized carbons (Fsp3) is 0.531. The maximum Gasteiger partial charge on any atom is 0.328 e. The highest BCUT2D eigenvalue weighted by atomic mass is 16.1. The van der Waals surface area contributed by atoms with Gasteiger partial charge in [0.25, 0.3) is 0 Å². The second-order valence-electron chi connectivity index (χ2n) is 12.1. The van der Waals surface area contributed by atoms with Crippen LogP contribution >= 0.6 is 0 Å². The van der Waals surface area contributed by atoms with Gasteiger partial charge in [-0.1, -0.05) is 65.7 Å². The highest BCUT2D eigenvalue weighted by molar-refractivity contribution is 5.70. The molecule has 3 heterocycles. The minimum atomic E-state index is 0.112. The Hall–Kier alpha value is -3.55. The molecule has 1 fully saturated rings. The van der Waals surface area contributed by atoms with Crippen molar-refractivity contribution in [1.29, 1.82) is 0 Å². The van der Waals surface area contributed by atoms with Crippen molar-refractivity contribution in [3.63, 3.8) is 0 Å². The van der Waals surface area contributed by atoms with Crippen LogP contribution in [0.15, 0.2) is 53.6 Å². The van der Waals surface area contributed by atoms with E-state index in [1.54, 1.807) is 0 Å². The first kappa shape index (κ1) is 28.0. The molecule has 0 radical (unpaired) electrons. The predicted molar refractivity (Wildman–Crippen MR) is 159 cm³/mol. The van der Waals surface area contributed by atoms with Crippen LogP contribution in [0.3, 0.4) is 0 Å². The third kappa shape index (κ3) is 5.81. The van der Waals surface area contributed by atoms with Gasteiger partial charge in [-0.15, -0.1) is 10.2 Å². The zero-order valence-electron chi connectivity index (χ0n) is 24.5. The van der Waals surface area contributed by atoms with Crippen LogP contribution in [0.5, 0.6) is 0 Å². The van der Waals surface area contributed by atoms with Crippen molar-refractivity contribution in [3.05, 3.63) is 70.7 Å². The van der Waals surface area contributed by atoms with Gasteiger partial charge in [-0.25, -0.2) is 4.79 Å². The number of unbranched alkanes of at least 4 members (excludes halogenated alkanes) is 1. The van der Waals surface area contributed by atoms with Crippen molar-refractivity contribution >= 4 is 0 Å². The molecule has 1 saturated carbocycles. The van der Waals surface area contributed by atoms with Gasteiger partial charge in [0.2, 0.25) is 5.82 Å². The fourth-order valence-corrected chi connectivity index (χ4v) is 6.63. The summed E-state index contributed by atoms with van der Waals surface area (Å²) in [5.74, 6) is 2.68. The summed E-state index contributed by atoms with van der Waals surface area (Å²) < 4.78 is 4.11. The SMILES string of the molecule is CCCCc1cn(C2C(C(C)C)CCCC2C(C)C)c(=O)n1Cc1cc(-c2cccc(-c3nn[nH]n3)c2)ccn1. The molecular weight excluding hydrogens is 498 g/mol. The van der Waals surface area contributed by atoms with E-state index >= 15 is 0 Å². The van der Waals surface area contributed by atoms with E-state index in [0.29, 0.717) is 36.0 Å². The Morgan fingerprint density at radius 3 is 2.40 bits per heavy atom. The zero-order valence-corrected chi connectivity index (χ0v) is 24.5. The van der Waals surface area contributed by atoms with Gasteiger partial charge < -0.3 is 0 Å². The second kappa shape index (κ2) is 12.3. The Labute approximate surface area is 237 Å². The Kier molecular flexibility index (Phi) is 8.62. The van der Waals surface area contributed by atoms with E-state index in [9.17, 15) is 4.79 Å². The van der Waals surface area contributed by atoms with Gasteiger partial charge >= 0.3 is 5.69 Å². The number of nitrogens with zero attached hydrogens (tertiary/aromatic N) is 6. The van der Waals surface area contributed by atoms with Gasteiger partial charge in [0.15, 0.2) is 0 Å². The molecule has 212 valence electrons. The molecule has 0 spiro atoms. The van der Waals surface area contributed by atoms with Crippen molar-refractivity contribution in [3.8, 4) is 22.5 Å². The number of H-pyrrole nitrogens is 1. The number of imidazole rings is 1. The molecule has 5 rings (SSSR count). The molecule has 8 heteroatoms. The largest absolute Gasteiger partial charge is 0.328 e. The summed E-state index contributed by atoms with van der Waals surface area (Å²) in [5.41, 5.74) is 5.10. The predicted octanol–water partition coefficient (Wildman–Crippen LogP) is 6.55. The molecule has 0 aliphatic heterocycles. The summed E-state index contributed by atoms with van der Waals surface area (Å²) in [4.78, 5) is 18.9. The van der Waals surface area contributed by atoms with Gasteiger partial charge in [0.1, 0.15) is 0 Å². The number of aromatic amines is 1. The van der Waals surface area contributed by atoms with E-state index in [1.165, 1.54) is 19.3 Å². The van der Waals surface area contributed by atoms with Crippen molar-refractivity contribution in [1.82, 2.24) is 34.7 Å². The summed E-state index contributed by atoms with van der Waals surface area (Å²) in [5, 5.41) is 14.4. The first-order valence-corrected chi connectivity index (χ1v) is 15.0. The number of pyridine rings is 1. The molecule has 2 unspecified atom stereocenters. The van der Waals surface area contributed by atoms with Crippen molar-refractivity contribution in [2.24, 2.45) is 23.7 Å². The molecule has 1 aliphatic rings. The third-order valence-corrected chi connectivity index (χ3v) is 8.80. The molecule has 1 aromatic carbocycles. The van der Waals surface area contributed by atoms with Crippen LogP contribution in [-0.4, -0.2) is 34.7 Å². The monoisotopic (exact) mass is 541 g/mol. The normalized spacial score (nSPS) is 19.5. The van der Waals surface area contributed by atoms with Crippen LogP contribution in [0, 0.1) is 23.7 Å². The van der Waals surface area contributed by atoms with Crippen molar-refractivity contribution in [2.75, 3.05) is 0 Å². The number of nitrogens with one attached hydrogen (secondary N) is 1. The molecule has 1 N–H and O–H groups in total. The number of hydrogen-bond acceptors (Lipinski definition) is 5. The summed E-state index contributed by atoms with van der Waals surface area (Å²) >= 11 is 0. The number of aromatic nitrogens is 7. The average molecular weight is 542 g/mol. The van der Waals surface area contributed by atoms with E-state index < -0.39 is 0 Å². The minimum Gasteiger partial charge on any atom is -0.295 e. The zero-order chi connectivity index (χ0) is 28.2. The Morgan fingerprint density at radius 2 is 1.73 bits per heavy atom. The molecule has 1 aliphatic carbocycles. The highest BCUT2D eigenvalue weighted by Gasteiger charge is 2.39. The Morgan fingerprint density at radius 1 is 1.00 bits per heavy atom. The molecule has 8 nitrogen and oxygen atoms in total. The molecule has 0 bridgehead atoms. The fourth-order valence-electron chi connectivity index (χ4n) is 6.63. The van der Waals surface area contributed by atoms with E-state index in [4.69, 9.17) is 4.98 Å². The molecule has 4 aromatic rings. The van der Waals surface area contributed by atoms with Gasteiger partial charge in [-0.2, -0.15) is 5.21 Å². The number of hydrogen-bond donors (Lipinski definition) is 1. The highest BCUT2D eigenvalue weighted by Crippen LogP contribution is 2.45. The first-order valence-electron chi connectivity index (χ1n) is 15.0. The van der Waals surface area contributed by atoms with Crippen LogP contribution in [0.4, 0.5) is 0 Å². The van der Waals surface area contributed by atoms with Crippen molar-refractivity contribution < 1.29 is 0 Å². The summed E-state index contributed by atoms with van der Waals surface area (Å²) in [6, 6.07) is 12.4. The second-order valence-corrected chi connectivity index (χ2v) is 12.1. The van der Waals surface area contributed by atoms with E-state index in [0.717, 1.165) is 47.3 Å². The lowest BCUT2D eigenvalue weighted by atomic mass is 9.68. The standard InChI is InChI=1S/C32H43N7O/c1-6-7-12-27-20-39(30-28(21(2)3)13-9-14-29(30)22(4)5)32(40)38(27)19-26-18-24(15-16-33-26)23-10-8-11-25(17-23)31-34-36-37-35-31/h8,10-11,15-18,20-22,28-30H,6-7,9,12-14,19H2,1-5H3,(H,34,35,36,37). The van der Waals surface area contributed by atoms with Crippen LogP contribution in [0.1, 0.15) is 84.2 Å². The topological polar surface area (TPSA) is 94.3 Å². The third-order valence-electron chi connectivity index (χ3n) is 8.80. The van der Waals surface area contributed by atoms with Crippen LogP contribution in [0.2, 0.25) is 0 Å². The quantitative estimate of drug-likeness (QED) is 0.246. The lowest BCUT2D eigenvalue weighted by molar-refractivity contribution is 0.0873. The first-order chi connectivity index (χ1) is 19.4.